The molecule has 0 saturated heterocycles. The average molecular weight is 380 g/mol. The van der Waals surface area contributed by atoms with Crippen LogP contribution in [0, 0.1) is 0 Å². The van der Waals surface area contributed by atoms with Crippen LogP contribution in [-0.4, -0.2) is 34.7 Å². The Labute approximate surface area is 152 Å². The molecule has 0 atom stereocenters. The van der Waals surface area contributed by atoms with Crippen LogP contribution < -0.4 is 11.1 Å². The predicted octanol–water partition coefficient (Wildman–Crippen LogP) is 2.31. The van der Waals surface area contributed by atoms with Gasteiger partial charge in [-0.15, -0.1) is 0 Å². The number of nitrogens with zero attached hydrogens (tertiary/aromatic N) is 1. The number of esters is 1. The lowest BCUT2D eigenvalue weighted by molar-refractivity contribution is 0.0480. The molecule has 3 N–H and O–H groups in total. The van der Waals surface area contributed by atoms with Crippen molar-refractivity contribution in [3.8, 4) is 0 Å². The number of anilines is 1. The highest BCUT2D eigenvalue weighted by molar-refractivity contribution is 7.08. The zero-order chi connectivity index (χ0) is 18.0. The van der Waals surface area contributed by atoms with Crippen LogP contribution in [0.2, 0.25) is 5.02 Å². The molecule has 0 unspecified atom stereocenters. The van der Waals surface area contributed by atoms with Crippen molar-refractivity contribution in [1.29, 1.82) is 0 Å². The minimum Gasteiger partial charge on any atom is -0.453 e. The van der Waals surface area contributed by atoms with Crippen LogP contribution in [-0.2, 0) is 4.74 Å². The van der Waals surface area contributed by atoms with E-state index in [4.69, 9.17) is 22.1 Å². The number of nitrogens with two attached hydrogens (primary N) is 1. The number of carbonyl (C=O) groups is 3. The Balaban J connectivity index is 1.63. The Hall–Kier alpha value is -2.45. The highest BCUT2D eigenvalue weighted by atomic mass is 35.5. The van der Waals surface area contributed by atoms with E-state index in [1.54, 1.807) is 24.3 Å². The van der Waals surface area contributed by atoms with Gasteiger partial charge in [-0.1, -0.05) is 23.7 Å². The fraction of sp³-hybridized carbons (Fsp3) is 0.250. The van der Waals surface area contributed by atoms with E-state index < -0.39 is 24.3 Å². The molecule has 3 rings (SSSR count). The lowest BCUT2D eigenvalue weighted by atomic mass is 10.1. The van der Waals surface area contributed by atoms with Gasteiger partial charge in [0.2, 0.25) is 5.78 Å². The number of rotatable bonds is 6. The second kappa shape index (κ2) is 7.20. The van der Waals surface area contributed by atoms with Gasteiger partial charge in [0.05, 0.1) is 10.7 Å². The van der Waals surface area contributed by atoms with E-state index in [-0.39, 0.29) is 32.9 Å². The molecular weight excluding hydrogens is 366 g/mol. The van der Waals surface area contributed by atoms with Gasteiger partial charge in [0.15, 0.2) is 17.2 Å². The Morgan fingerprint density at radius 3 is 2.72 bits per heavy atom. The van der Waals surface area contributed by atoms with E-state index in [0.29, 0.717) is 0 Å². The van der Waals surface area contributed by atoms with Crippen LogP contribution in [0.3, 0.4) is 0 Å². The van der Waals surface area contributed by atoms with E-state index in [0.717, 1.165) is 24.4 Å². The number of nitrogen functional groups attached to an aromatic ring is 1. The number of aromatic nitrogens is 1. The van der Waals surface area contributed by atoms with Crippen molar-refractivity contribution in [1.82, 2.24) is 9.69 Å². The molecule has 130 valence electrons. The molecule has 1 aromatic heterocycles. The molecule has 0 aliphatic heterocycles. The van der Waals surface area contributed by atoms with Gasteiger partial charge in [0.25, 0.3) is 5.91 Å². The average Bonchev–Trinajstić information content (AvgIpc) is 3.32. The molecule has 1 aliphatic rings. The summed E-state index contributed by atoms with van der Waals surface area (Å²) in [6, 6.07) is 6.62. The van der Waals surface area contributed by atoms with Gasteiger partial charge in [-0.2, -0.15) is 4.37 Å². The number of hydrogen-bond acceptors (Lipinski definition) is 7. The van der Waals surface area contributed by atoms with E-state index in [9.17, 15) is 14.4 Å². The van der Waals surface area contributed by atoms with Gasteiger partial charge in [-0.25, -0.2) is 4.79 Å². The van der Waals surface area contributed by atoms with Crippen LogP contribution >= 0.6 is 23.1 Å². The van der Waals surface area contributed by atoms with Gasteiger partial charge in [-0.05, 0) is 36.5 Å². The molecule has 0 spiro atoms. The maximum absolute atomic E-state index is 12.1. The molecule has 1 aliphatic carbocycles. The number of hydrogen-bond donors (Lipinski definition) is 2. The number of ketones is 1. The summed E-state index contributed by atoms with van der Waals surface area (Å²) in [5.41, 5.74) is 6.04. The zero-order valence-corrected chi connectivity index (χ0v) is 14.5. The Kier molecular flexibility index (Phi) is 5.00. The first-order valence-electron chi connectivity index (χ1n) is 7.48. The first-order valence-corrected chi connectivity index (χ1v) is 8.63. The molecule has 1 fully saturated rings. The van der Waals surface area contributed by atoms with Gasteiger partial charge in [0, 0.05) is 11.6 Å². The van der Waals surface area contributed by atoms with Crippen molar-refractivity contribution in [2.75, 3.05) is 12.3 Å². The normalized spacial score (nSPS) is 13.3. The van der Waals surface area contributed by atoms with Crippen molar-refractivity contribution in [2.45, 2.75) is 18.9 Å². The fourth-order valence-electron chi connectivity index (χ4n) is 2.05. The largest absolute Gasteiger partial charge is 0.453 e. The van der Waals surface area contributed by atoms with Gasteiger partial charge in [0.1, 0.15) is 0 Å². The van der Waals surface area contributed by atoms with Gasteiger partial charge >= 0.3 is 5.97 Å². The number of ether oxygens (including phenoxy) is 1. The first-order chi connectivity index (χ1) is 12.0. The summed E-state index contributed by atoms with van der Waals surface area (Å²) in [6.45, 7) is -0.483. The Bertz CT molecular complexity index is 848. The second-order valence-corrected chi connectivity index (χ2v) is 6.68. The smallest absolute Gasteiger partial charge is 0.352 e. The molecule has 0 radical (unpaired) electrons. The number of benzene rings is 1. The molecule has 1 aromatic carbocycles. The van der Waals surface area contributed by atoms with Crippen molar-refractivity contribution >= 4 is 46.5 Å². The standard InChI is InChI=1S/C16H14ClN3O4S/c17-10-4-2-1-3-9(10)11(21)7-24-16(23)14-12(18)13(20-25-14)15(22)19-8-5-6-8/h1-4,8H,5-7,18H2,(H,19,22). The van der Waals surface area contributed by atoms with E-state index in [1.807, 2.05) is 0 Å². The van der Waals surface area contributed by atoms with Crippen molar-refractivity contribution in [2.24, 2.45) is 0 Å². The zero-order valence-electron chi connectivity index (χ0n) is 13.0. The third kappa shape index (κ3) is 3.97. The lowest BCUT2D eigenvalue weighted by Gasteiger charge is -2.05. The molecule has 25 heavy (non-hydrogen) atoms. The molecule has 7 nitrogen and oxygen atoms in total. The molecule has 1 saturated carbocycles. The summed E-state index contributed by atoms with van der Waals surface area (Å²) in [7, 11) is 0. The van der Waals surface area contributed by atoms with E-state index in [2.05, 4.69) is 9.69 Å². The summed E-state index contributed by atoms with van der Waals surface area (Å²) in [5.74, 6) is -1.66. The van der Waals surface area contributed by atoms with Crippen LogP contribution in [0.1, 0.15) is 43.4 Å². The number of halogens is 1. The molecule has 0 bridgehead atoms. The third-order valence-corrected chi connectivity index (χ3v) is 4.72. The Morgan fingerprint density at radius 2 is 2.04 bits per heavy atom. The summed E-state index contributed by atoms with van der Waals surface area (Å²) < 4.78 is 8.89. The minimum atomic E-state index is -0.805. The van der Waals surface area contributed by atoms with Gasteiger partial charge < -0.3 is 15.8 Å². The maximum atomic E-state index is 12.1. The third-order valence-electron chi connectivity index (χ3n) is 3.55. The minimum absolute atomic E-state index is 0.00119. The van der Waals surface area contributed by atoms with Gasteiger partial charge in [-0.3, -0.25) is 9.59 Å². The van der Waals surface area contributed by atoms with Crippen molar-refractivity contribution < 1.29 is 19.1 Å². The highest BCUT2D eigenvalue weighted by Gasteiger charge is 2.28. The lowest BCUT2D eigenvalue weighted by Crippen LogP contribution is -2.26. The molecular formula is C16H14ClN3O4S. The van der Waals surface area contributed by atoms with Crippen LogP contribution in [0.15, 0.2) is 24.3 Å². The SMILES string of the molecule is Nc1c(C(=O)NC2CC2)nsc1C(=O)OCC(=O)c1ccccc1Cl. The van der Waals surface area contributed by atoms with Crippen molar-refractivity contribution in [3.63, 3.8) is 0 Å². The number of carbonyl (C=O) groups excluding carboxylic acids is 3. The van der Waals surface area contributed by atoms with E-state index >= 15 is 0 Å². The monoisotopic (exact) mass is 379 g/mol. The van der Waals surface area contributed by atoms with Crippen LogP contribution in [0.4, 0.5) is 5.69 Å². The van der Waals surface area contributed by atoms with Crippen LogP contribution in [0.25, 0.3) is 0 Å². The Morgan fingerprint density at radius 1 is 1.32 bits per heavy atom. The first kappa shape index (κ1) is 17.4. The summed E-state index contributed by atoms with van der Waals surface area (Å²) >= 11 is 6.69. The topological polar surface area (TPSA) is 111 Å². The molecule has 9 heteroatoms. The predicted molar refractivity (Wildman–Crippen MR) is 93.1 cm³/mol. The summed E-state index contributed by atoms with van der Waals surface area (Å²) in [4.78, 5) is 36.1. The summed E-state index contributed by atoms with van der Waals surface area (Å²) in [5, 5.41) is 3.02. The van der Waals surface area contributed by atoms with Crippen molar-refractivity contribution in [3.05, 3.63) is 45.4 Å². The fourth-order valence-corrected chi connectivity index (χ4v) is 2.98. The van der Waals surface area contributed by atoms with E-state index in [1.165, 1.54) is 0 Å². The molecule has 2 aromatic rings. The highest BCUT2D eigenvalue weighted by Crippen LogP contribution is 2.25. The summed E-state index contributed by atoms with van der Waals surface area (Å²) in [6.07, 6.45) is 1.85. The van der Waals surface area contributed by atoms with Crippen LogP contribution in [0.5, 0.6) is 0 Å². The second-order valence-electron chi connectivity index (χ2n) is 5.50. The maximum Gasteiger partial charge on any atom is 0.352 e. The molecule has 1 heterocycles. The number of Topliss-reactive ketones (excluding diaryl/α,β-unsaturated/α-hetero) is 1. The quantitative estimate of drug-likeness (QED) is 0.588. The number of nitrogens with one attached hydrogen (secondary N) is 1. The number of amides is 1. The molecule has 1 amide bonds.